The summed E-state index contributed by atoms with van der Waals surface area (Å²) < 4.78 is 5.93. The highest BCUT2D eigenvalue weighted by molar-refractivity contribution is 6.33. The van der Waals surface area contributed by atoms with Gasteiger partial charge in [-0.2, -0.15) is 0 Å². The summed E-state index contributed by atoms with van der Waals surface area (Å²) in [5, 5.41) is 30.5. The number of nitrogen functional groups attached to an aromatic ring is 1. The Labute approximate surface area is 451 Å². The third-order valence-electron chi connectivity index (χ3n) is 16.9. The fourth-order valence-corrected chi connectivity index (χ4v) is 12.8. The van der Waals surface area contributed by atoms with E-state index in [1.54, 1.807) is 60.7 Å². The number of piperazine rings is 2. The van der Waals surface area contributed by atoms with Crippen LogP contribution < -0.4 is 26.2 Å². The zero-order valence-electron chi connectivity index (χ0n) is 43.4. The van der Waals surface area contributed by atoms with Crippen LogP contribution in [-0.4, -0.2) is 119 Å². The van der Waals surface area contributed by atoms with Gasteiger partial charge in [0.15, 0.2) is 23.1 Å². The predicted molar refractivity (Wildman–Crippen MR) is 302 cm³/mol. The van der Waals surface area contributed by atoms with Gasteiger partial charge >= 0.3 is 11.9 Å². The Morgan fingerprint density at radius 2 is 0.923 bits per heavy atom. The van der Waals surface area contributed by atoms with Crippen molar-refractivity contribution in [1.29, 1.82) is 0 Å². The summed E-state index contributed by atoms with van der Waals surface area (Å²) in [7, 11) is 0. The van der Waals surface area contributed by atoms with Crippen molar-refractivity contribution in [3.8, 4) is 11.3 Å². The van der Waals surface area contributed by atoms with E-state index >= 15 is 0 Å². The number of carbonyl (C=O) groups excluding carboxylic acids is 3. The third kappa shape index (κ3) is 9.42. The molecular formula is C62H62N8O8. The fraction of sp³-hybridized carbons (Fsp3) is 0.323. The lowest BCUT2D eigenvalue weighted by Crippen LogP contribution is -2.51. The molecule has 0 atom stereocenters. The van der Waals surface area contributed by atoms with Crippen molar-refractivity contribution < 1.29 is 38.7 Å². The fourth-order valence-electron chi connectivity index (χ4n) is 12.8. The first kappa shape index (κ1) is 50.5. The molecule has 16 heteroatoms. The molecule has 1 aromatic heterocycles. The molecule has 2 saturated heterocycles. The molecule has 4 fully saturated rings. The maximum Gasteiger partial charge on any atom is 0.335 e. The van der Waals surface area contributed by atoms with E-state index in [9.17, 15) is 34.2 Å². The molecule has 0 spiro atoms. The van der Waals surface area contributed by atoms with Crippen molar-refractivity contribution >= 4 is 80.0 Å². The molecule has 6 aromatic carbocycles. The van der Waals surface area contributed by atoms with E-state index in [0.717, 1.165) is 74.7 Å². The average molecular weight is 1050 g/mol. The first-order chi connectivity index (χ1) is 38.0. The predicted octanol–water partition coefficient (Wildman–Crippen LogP) is 10.9. The first-order valence-electron chi connectivity index (χ1n) is 27.4. The molecule has 0 unspecified atom stereocenters. The smallest absolute Gasteiger partial charge is 0.335 e. The highest BCUT2D eigenvalue weighted by Crippen LogP contribution is 2.47. The van der Waals surface area contributed by atoms with Crippen LogP contribution in [0.4, 0.5) is 39.8 Å². The minimum absolute atomic E-state index is 0.0791. The van der Waals surface area contributed by atoms with Gasteiger partial charge < -0.3 is 40.9 Å². The Morgan fingerprint density at radius 3 is 1.41 bits per heavy atom. The van der Waals surface area contributed by atoms with Crippen molar-refractivity contribution in [1.82, 2.24) is 15.0 Å². The van der Waals surface area contributed by atoms with Crippen molar-refractivity contribution in [2.45, 2.75) is 76.3 Å². The minimum atomic E-state index is -1.02. The number of ketones is 3. The van der Waals surface area contributed by atoms with Crippen LogP contribution in [0.5, 0.6) is 0 Å². The van der Waals surface area contributed by atoms with Crippen molar-refractivity contribution in [2.75, 3.05) is 78.5 Å². The summed E-state index contributed by atoms with van der Waals surface area (Å²) >= 11 is 0. The summed E-state index contributed by atoms with van der Waals surface area (Å²) in [6.45, 7) is 7.18. The van der Waals surface area contributed by atoms with Gasteiger partial charge in [-0.25, -0.2) is 9.59 Å². The number of benzene rings is 6. The number of carboxylic acids is 2. The molecule has 0 amide bonds. The molecule has 6 aliphatic rings. The second kappa shape index (κ2) is 21.2. The number of aromatic nitrogens is 1. The van der Waals surface area contributed by atoms with Crippen LogP contribution in [0.2, 0.25) is 0 Å². The lowest BCUT2D eigenvalue weighted by atomic mass is 9.81. The number of fused-ring (bicyclic) bond motifs is 4. The first-order valence-corrected chi connectivity index (χ1v) is 27.4. The van der Waals surface area contributed by atoms with Gasteiger partial charge in [0.25, 0.3) is 0 Å². The molecule has 6 N–H and O–H groups in total. The molecule has 0 bridgehead atoms. The minimum Gasteiger partial charge on any atom is -0.478 e. The van der Waals surface area contributed by atoms with E-state index in [4.69, 9.17) is 10.3 Å². The van der Waals surface area contributed by atoms with Gasteiger partial charge in [0.2, 0.25) is 0 Å². The largest absolute Gasteiger partial charge is 0.478 e. The maximum atomic E-state index is 13.8. The molecule has 16 nitrogen and oxygen atoms in total. The Morgan fingerprint density at radius 1 is 0.513 bits per heavy atom. The number of hydrogen-bond acceptors (Lipinski definition) is 14. The number of aromatic carboxylic acids is 2. The zero-order valence-corrected chi connectivity index (χ0v) is 43.4. The average Bonchev–Trinajstić information content (AvgIpc) is 4.12. The van der Waals surface area contributed by atoms with E-state index in [0.29, 0.717) is 74.1 Å². The SMILES string of the molecule is Nc1c(N2CCN(C3CCCCC3)CC2)cc(Nc2ccc(C(=O)O)cc2)c2c1C(=O)c1ccccc1C2=O.O=C(O)c1ccc(Nc2cc(N3CCN(C4CCCCC4)CC3)c3noc4c3c2C(=O)c2ccccc2-4)cc1. The van der Waals surface area contributed by atoms with Crippen molar-refractivity contribution in [2.24, 2.45) is 0 Å². The Bertz CT molecular complexity index is 3490. The highest BCUT2D eigenvalue weighted by atomic mass is 16.5. The number of carbonyl (C=O) groups is 5. The molecule has 4 aliphatic carbocycles. The Kier molecular flexibility index (Phi) is 13.7. The lowest BCUT2D eigenvalue weighted by Gasteiger charge is -2.42. The monoisotopic (exact) mass is 1050 g/mol. The van der Waals surface area contributed by atoms with Crippen LogP contribution in [0.25, 0.3) is 22.2 Å². The van der Waals surface area contributed by atoms with E-state index in [1.807, 2.05) is 36.4 Å². The van der Waals surface area contributed by atoms with Gasteiger partial charge in [-0.1, -0.05) is 92.2 Å². The standard InChI is InChI=1S/C31H30N4O4.C31H32N4O4/c36-29-22-8-4-5-9-23(22)30-27-26(29)24(32-20-12-10-19(11-13-20)31(37)38)18-25(28(27)33-39-30)35-16-14-34(15-17-35)21-6-2-1-3-7-21;32-28-25(35-16-14-34(15-17-35)21-6-2-1-3-7-21)18-24(33-20-12-10-19(11-13-20)31(38)39)26-27(28)30(37)23-9-5-4-8-22(23)29(26)36/h4-5,8-13,18,21,32H,1-3,6-7,14-17H2,(H,37,38);4-5,8-13,18,21,33H,1-3,6-7,14-17,32H2,(H,38,39). The lowest BCUT2D eigenvalue weighted by molar-refractivity contribution is 0.0686. The summed E-state index contributed by atoms with van der Waals surface area (Å²) in [5.74, 6) is -1.98. The van der Waals surface area contributed by atoms with Crippen LogP contribution in [0.15, 0.2) is 114 Å². The highest BCUT2D eigenvalue weighted by Gasteiger charge is 2.38. The zero-order chi connectivity index (χ0) is 53.6. The maximum absolute atomic E-state index is 13.8. The van der Waals surface area contributed by atoms with Gasteiger partial charge in [-0.15, -0.1) is 0 Å². The second-order valence-corrected chi connectivity index (χ2v) is 21.4. The summed E-state index contributed by atoms with van der Waals surface area (Å²) in [4.78, 5) is 73.8. The topological polar surface area (TPSA) is 215 Å². The van der Waals surface area contributed by atoms with E-state index in [-0.39, 0.29) is 39.6 Å². The van der Waals surface area contributed by atoms with Crippen molar-refractivity contribution in [3.05, 3.63) is 154 Å². The van der Waals surface area contributed by atoms with Crippen LogP contribution in [0, 0.1) is 0 Å². The van der Waals surface area contributed by atoms with E-state index in [2.05, 4.69) is 35.4 Å². The van der Waals surface area contributed by atoms with Crippen LogP contribution >= 0.6 is 0 Å². The molecule has 7 aromatic rings. The van der Waals surface area contributed by atoms with E-state index < -0.39 is 11.9 Å². The van der Waals surface area contributed by atoms with E-state index in [1.165, 1.54) is 76.3 Å². The number of rotatable bonds is 10. The van der Waals surface area contributed by atoms with Gasteiger partial charge in [0, 0.05) is 98.1 Å². The van der Waals surface area contributed by atoms with Crippen molar-refractivity contribution in [3.63, 3.8) is 0 Å². The summed E-state index contributed by atoms with van der Waals surface area (Å²) in [6.07, 6.45) is 13.0. The number of nitrogens with two attached hydrogens (primary N) is 1. The Hall–Kier alpha value is -8.34. The normalized spacial score (nSPS) is 17.9. The molecule has 13 rings (SSSR count). The number of hydrogen-bond donors (Lipinski definition) is 5. The summed E-state index contributed by atoms with van der Waals surface area (Å²) in [5.41, 5.74) is 15.4. The molecule has 2 aliphatic heterocycles. The number of nitrogens with one attached hydrogen (secondary N) is 2. The van der Waals surface area contributed by atoms with Crippen LogP contribution in [-0.2, 0) is 0 Å². The molecule has 398 valence electrons. The van der Waals surface area contributed by atoms with Gasteiger partial charge in [-0.3, -0.25) is 24.2 Å². The molecule has 78 heavy (non-hydrogen) atoms. The van der Waals surface area contributed by atoms with Gasteiger partial charge in [0.05, 0.1) is 61.6 Å². The van der Waals surface area contributed by atoms with Crippen LogP contribution in [0.3, 0.4) is 0 Å². The molecule has 2 saturated carbocycles. The van der Waals surface area contributed by atoms with Gasteiger partial charge in [0.1, 0.15) is 5.52 Å². The summed E-state index contributed by atoms with van der Waals surface area (Å²) in [6, 6.07) is 32.4. The number of nitrogens with zero attached hydrogens (tertiary/aromatic N) is 5. The quantitative estimate of drug-likeness (QED) is 0.0805. The number of carboxylic acid groups (broad SMARTS) is 2. The Balaban J connectivity index is 0.000000156. The molecule has 3 heterocycles. The van der Waals surface area contributed by atoms with Gasteiger partial charge in [-0.05, 0) is 86.3 Å². The second-order valence-electron chi connectivity index (χ2n) is 21.4. The third-order valence-corrected chi connectivity index (χ3v) is 16.9. The number of anilines is 7. The molecule has 0 radical (unpaired) electrons. The molecular weight excluding hydrogens is 985 g/mol. The van der Waals surface area contributed by atoms with Crippen LogP contribution in [0.1, 0.15) is 133 Å².